The lowest BCUT2D eigenvalue weighted by Crippen LogP contribution is -2.47. The van der Waals surface area contributed by atoms with Gasteiger partial charge >= 0.3 is 0 Å². The predicted octanol–water partition coefficient (Wildman–Crippen LogP) is 2.15. The third-order valence-corrected chi connectivity index (χ3v) is 3.99. The zero-order chi connectivity index (χ0) is 15.9. The maximum absolute atomic E-state index is 8.82. The number of benzene rings is 1. The molecule has 1 saturated heterocycles. The van der Waals surface area contributed by atoms with Gasteiger partial charge in [-0.3, -0.25) is 4.90 Å². The molecule has 0 radical (unpaired) electrons. The Morgan fingerprint density at radius 1 is 1.04 bits per heavy atom. The molecule has 1 aromatic heterocycles. The Bertz CT molecular complexity index is 643. The van der Waals surface area contributed by atoms with Crippen LogP contribution < -0.4 is 9.64 Å². The van der Waals surface area contributed by atoms with E-state index in [0.29, 0.717) is 12.2 Å². The first-order chi connectivity index (χ1) is 11.3. The van der Waals surface area contributed by atoms with Gasteiger partial charge in [0.2, 0.25) is 0 Å². The number of ether oxygens (including phenoxy) is 1. The predicted molar refractivity (Wildman–Crippen MR) is 89.5 cm³/mol. The molecule has 0 N–H and O–H groups in total. The zero-order valence-electron chi connectivity index (χ0n) is 13.1. The second-order valence-corrected chi connectivity index (χ2v) is 5.51. The fourth-order valence-corrected chi connectivity index (χ4v) is 2.65. The standard InChI is InChI=1S/C18H20N4O/c19-14-16-6-7-18(20-15-16)22-10-8-21(9-11-22)12-13-23-17-4-2-1-3-5-17/h1-7,15H,8-13H2. The molecular weight excluding hydrogens is 288 g/mol. The van der Waals surface area contributed by atoms with Crippen molar-refractivity contribution in [3.05, 3.63) is 54.2 Å². The first kappa shape index (κ1) is 15.3. The average Bonchev–Trinajstić information content (AvgIpc) is 2.63. The second-order valence-electron chi connectivity index (χ2n) is 5.51. The van der Waals surface area contributed by atoms with Gasteiger partial charge in [0.25, 0.3) is 0 Å². The molecule has 0 atom stereocenters. The number of aromatic nitrogens is 1. The van der Waals surface area contributed by atoms with Gasteiger partial charge in [0.1, 0.15) is 24.2 Å². The van der Waals surface area contributed by atoms with Gasteiger partial charge in [0.05, 0.1) is 5.56 Å². The number of anilines is 1. The van der Waals surface area contributed by atoms with Crippen LogP contribution in [0.1, 0.15) is 5.56 Å². The van der Waals surface area contributed by atoms with Crippen LogP contribution in [0.3, 0.4) is 0 Å². The molecule has 0 saturated carbocycles. The highest BCUT2D eigenvalue weighted by Crippen LogP contribution is 2.14. The number of pyridine rings is 1. The van der Waals surface area contributed by atoms with Crippen LogP contribution in [0.5, 0.6) is 5.75 Å². The van der Waals surface area contributed by atoms with E-state index in [4.69, 9.17) is 10.00 Å². The Labute approximate surface area is 136 Å². The largest absolute Gasteiger partial charge is 0.492 e. The summed E-state index contributed by atoms with van der Waals surface area (Å²) >= 11 is 0. The van der Waals surface area contributed by atoms with Gasteiger partial charge in [0.15, 0.2) is 0 Å². The Balaban J connectivity index is 1.42. The first-order valence-corrected chi connectivity index (χ1v) is 7.86. The summed E-state index contributed by atoms with van der Waals surface area (Å²) in [5.41, 5.74) is 0.602. The molecule has 0 aliphatic carbocycles. The van der Waals surface area contributed by atoms with Crippen molar-refractivity contribution in [2.24, 2.45) is 0 Å². The molecule has 23 heavy (non-hydrogen) atoms. The van der Waals surface area contributed by atoms with E-state index in [9.17, 15) is 0 Å². The molecule has 118 valence electrons. The van der Waals surface area contributed by atoms with Crippen molar-refractivity contribution >= 4 is 5.82 Å². The SMILES string of the molecule is N#Cc1ccc(N2CCN(CCOc3ccccc3)CC2)nc1. The fraction of sp³-hybridized carbons (Fsp3) is 0.333. The van der Waals surface area contributed by atoms with E-state index < -0.39 is 0 Å². The number of rotatable bonds is 5. The van der Waals surface area contributed by atoms with Crippen molar-refractivity contribution in [3.8, 4) is 11.8 Å². The maximum atomic E-state index is 8.82. The van der Waals surface area contributed by atoms with E-state index in [1.165, 1.54) is 0 Å². The van der Waals surface area contributed by atoms with Crippen LogP contribution in [0.15, 0.2) is 48.7 Å². The van der Waals surface area contributed by atoms with Gasteiger partial charge in [0, 0.05) is 38.9 Å². The molecule has 1 fully saturated rings. The molecule has 5 heteroatoms. The molecule has 2 aromatic rings. The molecule has 2 heterocycles. The van der Waals surface area contributed by atoms with Crippen molar-refractivity contribution in [2.45, 2.75) is 0 Å². The van der Waals surface area contributed by atoms with Gasteiger partial charge in [-0.25, -0.2) is 4.98 Å². The van der Waals surface area contributed by atoms with Crippen LogP contribution in [-0.2, 0) is 0 Å². The van der Waals surface area contributed by atoms with E-state index in [-0.39, 0.29) is 0 Å². The van der Waals surface area contributed by atoms with Crippen molar-refractivity contribution in [2.75, 3.05) is 44.2 Å². The summed E-state index contributed by atoms with van der Waals surface area (Å²) in [6, 6.07) is 15.8. The Morgan fingerprint density at radius 2 is 1.83 bits per heavy atom. The Hall–Kier alpha value is -2.58. The van der Waals surface area contributed by atoms with Gasteiger partial charge in [-0.15, -0.1) is 0 Å². The van der Waals surface area contributed by atoms with Gasteiger partial charge in [-0.05, 0) is 24.3 Å². The molecule has 1 aliphatic rings. The number of nitriles is 1. The van der Waals surface area contributed by atoms with E-state index in [2.05, 4.69) is 20.9 Å². The highest BCUT2D eigenvalue weighted by Gasteiger charge is 2.17. The number of piperazine rings is 1. The number of para-hydroxylation sites is 1. The summed E-state index contributed by atoms with van der Waals surface area (Å²) in [7, 11) is 0. The Kier molecular flexibility index (Phi) is 5.07. The van der Waals surface area contributed by atoms with Crippen molar-refractivity contribution in [1.82, 2.24) is 9.88 Å². The molecule has 5 nitrogen and oxygen atoms in total. The van der Waals surface area contributed by atoms with Crippen LogP contribution in [0, 0.1) is 11.3 Å². The third kappa shape index (κ3) is 4.21. The maximum Gasteiger partial charge on any atom is 0.128 e. The van der Waals surface area contributed by atoms with Crippen molar-refractivity contribution < 1.29 is 4.74 Å². The minimum atomic E-state index is 0.602. The smallest absolute Gasteiger partial charge is 0.128 e. The monoisotopic (exact) mass is 308 g/mol. The zero-order valence-corrected chi connectivity index (χ0v) is 13.1. The number of hydrogen-bond donors (Lipinski definition) is 0. The van der Waals surface area contributed by atoms with E-state index in [1.807, 2.05) is 42.5 Å². The van der Waals surface area contributed by atoms with Crippen LogP contribution in [-0.4, -0.2) is 49.2 Å². The molecule has 1 aliphatic heterocycles. The third-order valence-electron chi connectivity index (χ3n) is 3.99. The average molecular weight is 308 g/mol. The molecule has 1 aromatic carbocycles. The lowest BCUT2D eigenvalue weighted by molar-refractivity contribution is 0.200. The molecular formula is C18H20N4O. The van der Waals surface area contributed by atoms with Crippen LogP contribution in [0.25, 0.3) is 0 Å². The van der Waals surface area contributed by atoms with E-state index >= 15 is 0 Å². The lowest BCUT2D eigenvalue weighted by atomic mass is 10.2. The van der Waals surface area contributed by atoms with Crippen LogP contribution in [0.2, 0.25) is 0 Å². The minimum Gasteiger partial charge on any atom is -0.492 e. The molecule has 3 rings (SSSR count). The number of nitrogens with zero attached hydrogens (tertiary/aromatic N) is 4. The lowest BCUT2D eigenvalue weighted by Gasteiger charge is -2.35. The quantitative estimate of drug-likeness (QED) is 0.847. The summed E-state index contributed by atoms with van der Waals surface area (Å²) in [5, 5.41) is 8.82. The molecule has 0 amide bonds. The van der Waals surface area contributed by atoms with Crippen molar-refractivity contribution in [3.63, 3.8) is 0 Å². The summed E-state index contributed by atoms with van der Waals surface area (Å²) in [4.78, 5) is 9.03. The minimum absolute atomic E-state index is 0.602. The van der Waals surface area contributed by atoms with Crippen LogP contribution in [0.4, 0.5) is 5.82 Å². The van der Waals surface area contributed by atoms with Gasteiger partial charge < -0.3 is 9.64 Å². The summed E-state index contributed by atoms with van der Waals surface area (Å²) < 4.78 is 5.75. The summed E-state index contributed by atoms with van der Waals surface area (Å²) in [5.74, 6) is 1.87. The molecule has 0 spiro atoms. The topological polar surface area (TPSA) is 52.4 Å². The van der Waals surface area contributed by atoms with E-state index in [0.717, 1.165) is 44.3 Å². The molecule has 0 bridgehead atoms. The number of hydrogen-bond acceptors (Lipinski definition) is 5. The highest BCUT2D eigenvalue weighted by atomic mass is 16.5. The normalized spacial score (nSPS) is 15.2. The Morgan fingerprint density at radius 3 is 2.48 bits per heavy atom. The first-order valence-electron chi connectivity index (χ1n) is 7.86. The highest BCUT2D eigenvalue weighted by molar-refractivity contribution is 5.42. The van der Waals surface area contributed by atoms with Gasteiger partial charge in [-0.2, -0.15) is 5.26 Å². The molecule has 0 unspecified atom stereocenters. The van der Waals surface area contributed by atoms with Crippen LogP contribution >= 0.6 is 0 Å². The second kappa shape index (κ2) is 7.61. The summed E-state index contributed by atoms with van der Waals surface area (Å²) in [6.45, 7) is 5.54. The van der Waals surface area contributed by atoms with E-state index in [1.54, 1.807) is 6.20 Å². The van der Waals surface area contributed by atoms with Crippen molar-refractivity contribution in [1.29, 1.82) is 5.26 Å². The fourth-order valence-electron chi connectivity index (χ4n) is 2.65. The summed E-state index contributed by atoms with van der Waals surface area (Å²) in [6.07, 6.45) is 1.63. The van der Waals surface area contributed by atoms with Gasteiger partial charge in [-0.1, -0.05) is 18.2 Å².